The molecule has 1 heterocycles. The van der Waals surface area contributed by atoms with Gasteiger partial charge in [-0.05, 0) is 24.1 Å². The molecule has 0 aliphatic rings. The van der Waals surface area contributed by atoms with E-state index < -0.39 is 10.0 Å². The molecule has 0 atom stereocenters. The van der Waals surface area contributed by atoms with Crippen molar-refractivity contribution >= 4 is 21.7 Å². The lowest BCUT2D eigenvalue weighted by Gasteiger charge is -2.06. The van der Waals surface area contributed by atoms with Gasteiger partial charge in [-0.2, -0.15) is 5.10 Å². The molecule has 0 aliphatic carbocycles. The SMILES string of the molecule is Cn1ncc(C(=O)NCCc2ccc(S(N)(=O)=O)cc2)c1N. The third kappa shape index (κ3) is 3.62. The van der Waals surface area contributed by atoms with Gasteiger partial charge in [0.25, 0.3) is 5.91 Å². The normalized spacial score (nSPS) is 11.4. The maximum absolute atomic E-state index is 11.9. The molecule has 0 saturated carbocycles. The van der Waals surface area contributed by atoms with Crippen molar-refractivity contribution in [2.45, 2.75) is 11.3 Å². The maximum Gasteiger partial charge on any atom is 0.256 e. The molecule has 1 aromatic carbocycles. The van der Waals surface area contributed by atoms with Crippen LogP contribution in [0.3, 0.4) is 0 Å². The average Bonchev–Trinajstić information content (AvgIpc) is 2.78. The molecule has 5 N–H and O–H groups in total. The highest BCUT2D eigenvalue weighted by atomic mass is 32.2. The van der Waals surface area contributed by atoms with Crippen molar-refractivity contribution in [3.8, 4) is 0 Å². The van der Waals surface area contributed by atoms with Gasteiger partial charge in [-0.3, -0.25) is 9.48 Å². The number of nitrogens with one attached hydrogen (secondary N) is 1. The van der Waals surface area contributed by atoms with Crippen molar-refractivity contribution in [2.24, 2.45) is 12.2 Å². The maximum atomic E-state index is 11.9. The highest BCUT2D eigenvalue weighted by molar-refractivity contribution is 7.89. The number of nitrogen functional groups attached to an aromatic ring is 1. The minimum Gasteiger partial charge on any atom is -0.383 e. The molecule has 9 heteroatoms. The first-order valence-electron chi connectivity index (χ1n) is 6.46. The van der Waals surface area contributed by atoms with Crippen LogP contribution in [0, 0.1) is 0 Å². The summed E-state index contributed by atoms with van der Waals surface area (Å²) in [6.07, 6.45) is 1.96. The van der Waals surface area contributed by atoms with E-state index in [-0.39, 0.29) is 10.8 Å². The van der Waals surface area contributed by atoms with Crippen LogP contribution in [0.5, 0.6) is 0 Å². The van der Waals surface area contributed by atoms with E-state index in [0.29, 0.717) is 24.3 Å². The largest absolute Gasteiger partial charge is 0.383 e. The molecule has 0 spiro atoms. The van der Waals surface area contributed by atoms with Crippen molar-refractivity contribution in [3.63, 3.8) is 0 Å². The van der Waals surface area contributed by atoms with Crippen molar-refractivity contribution in [3.05, 3.63) is 41.6 Å². The van der Waals surface area contributed by atoms with Crippen LogP contribution in [-0.4, -0.2) is 30.7 Å². The fourth-order valence-electron chi connectivity index (χ4n) is 1.88. The second-order valence-electron chi connectivity index (χ2n) is 4.76. The molecule has 2 aromatic rings. The number of hydrogen-bond donors (Lipinski definition) is 3. The number of rotatable bonds is 5. The zero-order chi connectivity index (χ0) is 16.3. The quantitative estimate of drug-likeness (QED) is 0.690. The summed E-state index contributed by atoms with van der Waals surface area (Å²) in [6, 6.07) is 6.19. The number of carbonyl (C=O) groups excluding carboxylic acids is 1. The van der Waals surface area contributed by atoms with E-state index in [1.54, 1.807) is 19.2 Å². The number of anilines is 1. The zero-order valence-electron chi connectivity index (χ0n) is 12.0. The molecular formula is C13H17N5O3S. The van der Waals surface area contributed by atoms with Gasteiger partial charge in [-0.15, -0.1) is 0 Å². The fraction of sp³-hybridized carbons (Fsp3) is 0.231. The number of primary sulfonamides is 1. The molecule has 118 valence electrons. The summed E-state index contributed by atoms with van der Waals surface area (Å²) in [7, 11) is -2.03. The molecule has 0 aliphatic heterocycles. The summed E-state index contributed by atoms with van der Waals surface area (Å²) in [5.41, 5.74) is 6.92. The molecule has 0 radical (unpaired) electrons. The summed E-state index contributed by atoms with van der Waals surface area (Å²) in [6.45, 7) is 0.391. The van der Waals surface area contributed by atoms with Gasteiger partial charge in [0.1, 0.15) is 11.4 Å². The molecule has 0 saturated heterocycles. The van der Waals surface area contributed by atoms with Crippen LogP contribution in [0.1, 0.15) is 15.9 Å². The first-order valence-corrected chi connectivity index (χ1v) is 8.01. The van der Waals surface area contributed by atoms with Crippen molar-refractivity contribution < 1.29 is 13.2 Å². The Kier molecular flexibility index (Phi) is 4.48. The lowest BCUT2D eigenvalue weighted by atomic mass is 10.1. The fourth-order valence-corrected chi connectivity index (χ4v) is 2.40. The Balaban J connectivity index is 1.91. The Labute approximate surface area is 128 Å². The lowest BCUT2D eigenvalue weighted by Crippen LogP contribution is -2.26. The predicted molar refractivity (Wildman–Crippen MR) is 81.5 cm³/mol. The van der Waals surface area contributed by atoms with E-state index in [9.17, 15) is 13.2 Å². The minimum atomic E-state index is -3.68. The van der Waals surface area contributed by atoms with E-state index in [0.717, 1.165) is 5.56 Å². The molecule has 0 unspecified atom stereocenters. The Bertz CT molecular complexity index is 781. The Morgan fingerprint density at radius 3 is 2.45 bits per heavy atom. The third-order valence-corrected chi connectivity index (χ3v) is 4.11. The number of nitrogens with two attached hydrogens (primary N) is 2. The smallest absolute Gasteiger partial charge is 0.256 e. The van der Waals surface area contributed by atoms with Gasteiger partial charge < -0.3 is 11.1 Å². The molecular weight excluding hydrogens is 306 g/mol. The third-order valence-electron chi connectivity index (χ3n) is 3.18. The van der Waals surface area contributed by atoms with Gasteiger partial charge in [0.15, 0.2) is 0 Å². The molecule has 0 fully saturated rings. The Morgan fingerprint density at radius 1 is 1.32 bits per heavy atom. The summed E-state index contributed by atoms with van der Waals surface area (Å²) in [4.78, 5) is 12.0. The van der Waals surface area contributed by atoms with E-state index in [1.807, 2.05) is 0 Å². The first kappa shape index (κ1) is 16.0. The first-order chi connectivity index (χ1) is 10.3. The van der Waals surface area contributed by atoms with E-state index in [1.165, 1.54) is 23.0 Å². The number of aryl methyl sites for hydroxylation is 1. The van der Waals surface area contributed by atoms with Crippen LogP contribution in [0.2, 0.25) is 0 Å². The molecule has 1 aromatic heterocycles. The summed E-state index contributed by atoms with van der Waals surface area (Å²) >= 11 is 0. The van der Waals surface area contributed by atoms with Crippen LogP contribution in [-0.2, 0) is 23.5 Å². The van der Waals surface area contributed by atoms with Gasteiger partial charge in [-0.1, -0.05) is 12.1 Å². The molecule has 22 heavy (non-hydrogen) atoms. The zero-order valence-corrected chi connectivity index (χ0v) is 12.8. The molecule has 1 amide bonds. The number of sulfonamides is 1. The highest BCUT2D eigenvalue weighted by Gasteiger charge is 2.13. The van der Waals surface area contributed by atoms with E-state index in [2.05, 4.69) is 10.4 Å². The topological polar surface area (TPSA) is 133 Å². The van der Waals surface area contributed by atoms with Crippen molar-refractivity contribution in [2.75, 3.05) is 12.3 Å². The van der Waals surface area contributed by atoms with Gasteiger partial charge >= 0.3 is 0 Å². The van der Waals surface area contributed by atoms with E-state index >= 15 is 0 Å². The monoisotopic (exact) mass is 323 g/mol. The summed E-state index contributed by atoms with van der Waals surface area (Å²) in [5.74, 6) is 0.00163. The lowest BCUT2D eigenvalue weighted by molar-refractivity contribution is 0.0955. The molecule has 0 bridgehead atoms. The number of nitrogens with zero attached hydrogens (tertiary/aromatic N) is 2. The second-order valence-corrected chi connectivity index (χ2v) is 6.32. The van der Waals surface area contributed by atoms with Crippen LogP contribution in [0.15, 0.2) is 35.4 Å². The van der Waals surface area contributed by atoms with Gasteiger partial charge in [0, 0.05) is 13.6 Å². The molecule has 8 nitrogen and oxygen atoms in total. The van der Waals surface area contributed by atoms with Crippen LogP contribution >= 0.6 is 0 Å². The number of benzene rings is 1. The summed E-state index contributed by atoms with van der Waals surface area (Å²) in [5, 5.41) is 11.7. The second kappa shape index (κ2) is 6.16. The summed E-state index contributed by atoms with van der Waals surface area (Å²) < 4.78 is 23.7. The van der Waals surface area contributed by atoms with Crippen LogP contribution in [0.4, 0.5) is 5.82 Å². The average molecular weight is 323 g/mol. The van der Waals surface area contributed by atoms with E-state index in [4.69, 9.17) is 10.9 Å². The number of amides is 1. The van der Waals surface area contributed by atoms with Gasteiger partial charge in [-0.25, -0.2) is 13.6 Å². The standard InChI is InChI=1S/C13H17N5O3S/c1-18-12(14)11(8-17-18)13(19)16-7-6-9-2-4-10(5-3-9)22(15,20)21/h2-5,8H,6-7,14H2,1H3,(H,16,19)(H2,15,20,21). The van der Waals surface area contributed by atoms with Crippen LogP contribution < -0.4 is 16.2 Å². The van der Waals surface area contributed by atoms with Crippen molar-refractivity contribution in [1.82, 2.24) is 15.1 Å². The highest BCUT2D eigenvalue weighted by Crippen LogP contribution is 2.10. The number of carbonyl (C=O) groups is 1. The van der Waals surface area contributed by atoms with Gasteiger partial charge in [0.2, 0.25) is 10.0 Å². The number of hydrogen-bond acceptors (Lipinski definition) is 5. The van der Waals surface area contributed by atoms with Crippen molar-refractivity contribution in [1.29, 1.82) is 0 Å². The Morgan fingerprint density at radius 2 is 1.95 bits per heavy atom. The predicted octanol–water partition coefficient (Wildman–Crippen LogP) is -0.378. The molecule has 2 rings (SSSR count). The van der Waals surface area contributed by atoms with Crippen LogP contribution in [0.25, 0.3) is 0 Å². The number of aromatic nitrogens is 2. The minimum absolute atomic E-state index is 0.0587. The Hall–Kier alpha value is -2.39. The van der Waals surface area contributed by atoms with Gasteiger partial charge in [0.05, 0.1) is 11.1 Å².